The quantitative estimate of drug-likeness (QED) is 0.786. The fourth-order valence-electron chi connectivity index (χ4n) is 2.95. The van der Waals surface area contributed by atoms with Gasteiger partial charge in [0.05, 0.1) is 13.1 Å². The molecule has 3 heterocycles. The van der Waals surface area contributed by atoms with Gasteiger partial charge in [-0.05, 0) is 42.7 Å². The standard InChI is InChI=1S/C16H18N4O3/c21-15-4-1-10-7-11(2-3-13(10)18-15)23-12-8-20(9-12)16(22)14-5-6-17-19-14/h2-3,5-7,12,15,18,21H,1,4,8-9H2,(H,17,19). The summed E-state index contributed by atoms with van der Waals surface area (Å²) < 4.78 is 5.93. The van der Waals surface area contributed by atoms with Gasteiger partial charge in [-0.1, -0.05) is 0 Å². The van der Waals surface area contributed by atoms with Crippen molar-refractivity contribution in [3.8, 4) is 5.75 Å². The van der Waals surface area contributed by atoms with Crippen LogP contribution < -0.4 is 10.1 Å². The molecule has 1 fully saturated rings. The average molecular weight is 314 g/mol. The fourth-order valence-corrected chi connectivity index (χ4v) is 2.95. The van der Waals surface area contributed by atoms with E-state index in [1.807, 2.05) is 18.2 Å². The summed E-state index contributed by atoms with van der Waals surface area (Å²) >= 11 is 0. The molecule has 0 bridgehead atoms. The number of hydrogen-bond acceptors (Lipinski definition) is 5. The lowest BCUT2D eigenvalue weighted by molar-refractivity contribution is 0.0173. The number of aryl methyl sites for hydroxylation is 1. The van der Waals surface area contributed by atoms with Crippen molar-refractivity contribution in [1.29, 1.82) is 0 Å². The van der Waals surface area contributed by atoms with E-state index in [1.165, 1.54) is 0 Å². The number of H-pyrrole nitrogens is 1. The van der Waals surface area contributed by atoms with Crippen LogP contribution in [-0.2, 0) is 6.42 Å². The van der Waals surface area contributed by atoms with Gasteiger partial charge in [-0.3, -0.25) is 9.89 Å². The molecule has 0 radical (unpaired) electrons. The third kappa shape index (κ3) is 2.75. The van der Waals surface area contributed by atoms with Crippen molar-refractivity contribution in [2.75, 3.05) is 18.4 Å². The number of likely N-dealkylation sites (tertiary alicyclic amines) is 1. The van der Waals surface area contributed by atoms with Crippen LogP contribution in [0.5, 0.6) is 5.75 Å². The molecule has 7 nitrogen and oxygen atoms in total. The number of nitrogens with zero attached hydrogens (tertiary/aromatic N) is 2. The Bertz CT molecular complexity index is 710. The molecule has 3 N–H and O–H groups in total. The van der Waals surface area contributed by atoms with Crippen LogP contribution in [0.2, 0.25) is 0 Å². The molecule has 2 aliphatic heterocycles. The first-order chi connectivity index (χ1) is 11.2. The van der Waals surface area contributed by atoms with Crippen molar-refractivity contribution in [1.82, 2.24) is 15.1 Å². The van der Waals surface area contributed by atoms with E-state index in [1.54, 1.807) is 17.2 Å². The van der Waals surface area contributed by atoms with Gasteiger partial charge in [0, 0.05) is 11.9 Å². The number of ether oxygens (including phenoxy) is 1. The van der Waals surface area contributed by atoms with E-state index in [0.29, 0.717) is 25.2 Å². The minimum absolute atomic E-state index is 0.0158. The summed E-state index contributed by atoms with van der Waals surface area (Å²) in [5.74, 6) is 0.756. The SMILES string of the molecule is O=C(c1ccn[nH]1)N1CC(Oc2ccc3c(c2)CCC(O)N3)C1. The zero-order valence-corrected chi connectivity index (χ0v) is 12.5. The topological polar surface area (TPSA) is 90.5 Å². The largest absolute Gasteiger partial charge is 0.487 e. The third-order valence-electron chi connectivity index (χ3n) is 4.26. The minimum atomic E-state index is -0.469. The first-order valence-electron chi connectivity index (χ1n) is 7.72. The van der Waals surface area contributed by atoms with Crippen molar-refractivity contribution in [3.05, 3.63) is 41.7 Å². The number of nitrogens with one attached hydrogen (secondary N) is 2. The summed E-state index contributed by atoms with van der Waals surface area (Å²) in [6.07, 6.45) is 2.64. The summed E-state index contributed by atoms with van der Waals surface area (Å²) in [7, 11) is 0. The van der Waals surface area contributed by atoms with Crippen LogP contribution in [0.3, 0.4) is 0 Å². The molecule has 4 rings (SSSR count). The van der Waals surface area contributed by atoms with Crippen molar-refractivity contribution < 1.29 is 14.6 Å². The highest BCUT2D eigenvalue weighted by atomic mass is 16.5. The van der Waals surface area contributed by atoms with Gasteiger partial charge >= 0.3 is 0 Å². The lowest BCUT2D eigenvalue weighted by atomic mass is 10.0. The molecule has 2 aliphatic rings. The third-order valence-corrected chi connectivity index (χ3v) is 4.26. The number of carbonyl (C=O) groups excluding carboxylic acids is 1. The Morgan fingerprint density at radius 2 is 2.22 bits per heavy atom. The van der Waals surface area contributed by atoms with Gasteiger partial charge in [0.15, 0.2) is 0 Å². The number of aliphatic hydroxyl groups excluding tert-OH is 1. The van der Waals surface area contributed by atoms with E-state index in [-0.39, 0.29) is 12.0 Å². The number of aromatic amines is 1. The van der Waals surface area contributed by atoms with Gasteiger partial charge in [0.2, 0.25) is 0 Å². The van der Waals surface area contributed by atoms with Gasteiger partial charge in [-0.25, -0.2) is 0 Å². The van der Waals surface area contributed by atoms with Crippen LogP contribution in [0.25, 0.3) is 0 Å². The van der Waals surface area contributed by atoms with E-state index in [0.717, 1.165) is 23.4 Å². The number of anilines is 1. The molecule has 2 aromatic rings. The van der Waals surface area contributed by atoms with Gasteiger partial charge in [-0.15, -0.1) is 0 Å². The minimum Gasteiger partial charge on any atom is -0.487 e. The number of rotatable bonds is 3. The molecule has 0 aliphatic carbocycles. The van der Waals surface area contributed by atoms with Crippen LogP contribution in [0.1, 0.15) is 22.5 Å². The van der Waals surface area contributed by atoms with E-state index < -0.39 is 6.23 Å². The molecule has 1 aromatic heterocycles. The number of hydrogen-bond donors (Lipinski definition) is 3. The highest BCUT2D eigenvalue weighted by Crippen LogP contribution is 2.29. The van der Waals surface area contributed by atoms with Crippen molar-refractivity contribution in [2.45, 2.75) is 25.2 Å². The van der Waals surface area contributed by atoms with Gasteiger partial charge in [-0.2, -0.15) is 5.10 Å². The summed E-state index contributed by atoms with van der Waals surface area (Å²) in [5, 5.41) is 19.1. The Hall–Kier alpha value is -2.54. The zero-order chi connectivity index (χ0) is 15.8. The Morgan fingerprint density at radius 3 is 3.00 bits per heavy atom. The van der Waals surface area contributed by atoms with Gasteiger partial charge in [0.25, 0.3) is 5.91 Å². The second-order valence-corrected chi connectivity index (χ2v) is 5.94. The molecular formula is C16H18N4O3. The molecule has 7 heteroatoms. The Morgan fingerprint density at radius 1 is 1.35 bits per heavy atom. The molecular weight excluding hydrogens is 296 g/mol. The maximum Gasteiger partial charge on any atom is 0.272 e. The number of aliphatic hydroxyl groups is 1. The van der Waals surface area contributed by atoms with E-state index in [9.17, 15) is 9.90 Å². The second-order valence-electron chi connectivity index (χ2n) is 5.94. The van der Waals surface area contributed by atoms with Crippen LogP contribution >= 0.6 is 0 Å². The maximum atomic E-state index is 12.1. The average Bonchev–Trinajstić information content (AvgIpc) is 3.04. The summed E-state index contributed by atoms with van der Waals surface area (Å²) in [6.45, 7) is 1.15. The molecule has 1 aromatic carbocycles. The lowest BCUT2D eigenvalue weighted by Crippen LogP contribution is -2.56. The molecule has 0 spiro atoms. The maximum absolute atomic E-state index is 12.1. The normalized spacial score (nSPS) is 20.4. The fraction of sp³-hybridized carbons (Fsp3) is 0.375. The lowest BCUT2D eigenvalue weighted by Gasteiger charge is -2.38. The molecule has 1 saturated heterocycles. The van der Waals surface area contributed by atoms with Crippen molar-refractivity contribution in [3.63, 3.8) is 0 Å². The highest BCUT2D eigenvalue weighted by molar-refractivity contribution is 5.92. The van der Waals surface area contributed by atoms with E-state index in [4.69, 9.17) is 4.74 Å². The van der Waals surface area contributed by atoms with Crippen LogP contribution in [0.4, 0.5) is 5.69 Å². The van der Waals surface area contributed by atoms with Crippen LogP contribution in [0.15, 0.2) is 30.5 Å². The smallest absolute Gasteiger partial charge is 0.272 e. The van der Waals surface area contributed by atoms with E-state index >= 15 is 0 Å². The molecule has 120 valence electrons. The van der Waals surface area contributed by atoms with Gasteiger partial charge in [0.1, 0.15) is 23.8 Å². The summed E-state index contributed by atoms with van der Waals surface area (Å²) in [4.78, 5) is 13.8. The summed E-state index contributed by atoms with van der Waals surface area (Å²) in [5.41, 5.74) is 2.61. The first-order valence-corrected chi connectivity index (χ1v) is 7.72. The summed E-state index contributed by atoms with van der Waals surface area (Å²) in [6, 6.07) is 7.50. The van der Waals surface area contributed by atoms with Crippen molar-refractivity contribution in [2.24, 2.45) is 0 Å². The monoisotopic (exact) mass is 314 g/mol. The molecule has 23 heavy (non-hydrogen) atoms. The Labute approximate surface area is 133 Å². The first kappa shape index (κ1) is 14.1. The molecule has 1 unspecified atom stereocenters. The predicted molar refractivity (Wildman–Crippen MR) is 83.3 cm³/mol. The number of carbonyl (C=O) groups is 1. The predicted octanol–water partition coefficient (Wildman–Crippen LogP) is 0.990. The molecule has 0 saturated carbocycles. The van der Waals surface area contributed by atoms with E-state index in [2.05, 4.69) is 15.5 Å². The number of amides is 1. The number of fused-ring (bicyclic) bond motifs is 1. The molecule has 1 amide bonds. The van der Waals surface area contributed by atoms with Crippen LogP contribution in [-0.4, -0.2) is 51.5 Å². The van der Waals surface area contributed by atoms with Crippen molar-refractivity contribution >= 4 is 11.6 Å². The molecule has 1 atom stereocenters. The number of benzene rings is 1. The second kappa shape index (κ2) is 5.58. The van der Waals surface area contributed by atoms with Gasteiger partial charge < -0.3 is 20.1 Å². The Kier molecular flexibility index (Phi) is 3.42. The number of aromatic nitrogens is 2. The van der Waals surface area contributed by atoms with Crippen LogP contribution in [0, 0.1) is 0 Å². The zero-order valence-electron chi connectivity index (χ0n) is 12.5. The Balaban J connectivity index is 1.35. The highest BCUT2D eigenvalue weighted by Gasteiger charge is 2.33.